The molecule has 0 unspecified atom stereocenters. The van der Waals surface area contributed by atoms with Crippen LogP contribution in [-0.4, -0.2) is 23.0 Å². The molecule has 0 fully saturated rings. The van der Waals surface area contributed by atoms with Gasteiger partial charge in [0.25, 0.3) is 0 Å². The maximum Gasteiger partial charge on any atom is 0.241 e. The summed E-state index contributed by atoms with van der Waals surface area (Å²) in [4.78, 5) is 25.6. The second-order valence-electron chi connectivity index (χ2n) is 8.26. The van der Waals surface area contributed by atoms with E-state index >= 15 is 0 Å². The van der Waals surface area contributed by atoms with E-state index < -0.39 is 5.92 Å². The fraction of sp³-hybridized carbons (Fsp3) is 0.138. The number of aromatic nitrogens is 2. The first kappa shape index (κ1) is 22.7. The van der Waals surface area contributed by atoms with Gasteiger partial charge in [0.15, 0.2) is 5.13 Å². The number of hydrogen-bond acceptors (Lipinski definition) is 5. The molecule has 5 aromatic rings. The highest BCUT2D eigenvalue weighted by Crippen LogP contribution is 2.38. The van der Waals surface area contributed by atoms with Crippen molar-refractivity contribution < 1.29 is 9.53 Å². The molecule has 0 spiro atoms. The number of anilines is 1. The Hall–Kier alpha value is -4.03. The summed E-state index contributed by atoms with van der Waals surface area (Å²) in [6, 6.07) is 29.5. The molecule has 174 valence electrons. The largest absolute Gasteiger partial charge is 0.494 e. The van der Waals surface area contributed by atoms with Crippen LogP contribution >= 0.6 is 11.3 Å². The summed E-state index contributed by atoms with van der Waals surface area (Å²) in [6.07, 6.45) is 1.75. The van der Waals surface area contributed by atoms with Gasteiger partial charge in [-0.2, -0.15) is 0 Å². The van der Waals surface area contributed by atoms with Gasteiger partial charge in [0.1, 0.15) is 11.3 Å². The molecule has 2 heterocycles. The molecule has 3 aromatic carbocycles. The predicted octanol–water partition coefficient (Wildman–Crippen LogP) is 6.37. The van der Waals surface area contributed by atoms with Crippen LogP contribution in [0.1, 0.15) is 28.3 Å². The third kappa shape index (κ3) is 4.66. The molecule has 0 saturated heterocycles. The quantitative estimate of drug-likeness (QED) is 0.272. The SMILES string of the molecule is COc1ccc(C)c2sc(N(Cc3ccccn3)C(=O)C(c3ccccc3)c3ccccc3)nc12. The molecule has 5 nitrogen and oxygen atoms in total. The normalized spacial score (nSPS) is 11.1. The molecule has 0 saturated carbocycles. The van der Waals surface area contributed by atoms with E-state index in [4.69, 9.17) is 9.72 Å². The Kier molecular flexibility index (Phi) is 6.55. The fourth-order valence-electron chi connectivity index (χ4n) is 4.20. The van der Waals surface area contributed by atoms with Gasteiger partial charge in [0.05, 0.1) is 30.0 Å². The molecular formula is C29H25N3O2S. The van der Waals surface area contributed by atoms with E-state index in [1.54, 1.807) is 18.2 Å². The van der Waals surface area contributed by atoms with Gasteiger partial charge < -0.3 is 4.74 Å². The Morgan fingerprint density at radius 3 is 2.17 bits per heavy atom. The number of aryl methyl sites for hydroxylation is 1. The van der Waals surface area contributed by atoms with E-state index in [0.29, 0.717) is 17.4 Å². The summed E-state index contributed by atoms with van der Waals surface area (Å²) < 4.78 is 6.58. The highest BCUT2D eigenvalue weighted by atomic mass is 32.1. The monoisotopic (exact) mass is 479 g/mol. The zero-order valence-electron chi connectivity index (χ0n) is 19.6. The van der Waals surface area contributed by atoms with Gasteiger partial charge >= 0.3 is 0 Å². The van der Waals surface area contributed by atoms with Crippen molar-refractivity contribution in [3.05, 3.63) is 120 Å². The first-order chi connectivity index (χ1) is 17.2. The van der Waals surface area contributed by atoms with Gasteiger partial charge in [-0.05, 0) is 41.8 Å². The lowest BCUT2D eigenvalue weighted by Gasteiger charge is -2.26. The van der Waals surface area contributed by atoms with Crippen LogP contribution in [0.2, 0.25) is 0 Å². The number of carbonyl (C=O) groups excluding carboxylic acids is 1. The number of hydrogen-bond donors (Lipinski definition) is 0. The second-order valence-corrected chi connectivity index (χ2v) is 9.24. The van der Waals surface area contributed by atoms with Gasteiger partial charge in [-0.25, -0.2) is 4.98 Å². The number of fused-ring (bicyclic) bond motifs is 1. The molecule has 35 heavy (non-hydrogen) atoms. The van der Waals surface area contributed by atoms with Gasteiger partial charge in [0.2, 0.25) is 5.91 Å². The molecule has 0 atom stereocenters. The van der Waals surface area contributed by atoms with Gasteiger partial charge in [-0.1, -0.05) is 84.1 Å². The van der Waals surface area contributed by atoms with Crippen LogP contribution in [0.5, 0.6) is 5.75 Å². The van der Waals surface area contributed by atoms with Crippen LogP contribution in [0.4, 0.5) is 5.13 Å². The van der Waals surface area contributed by atoms with Crippen molar-refractivity contribution in [2.24, 2.45) is 0 Å². The molecular weight excluding hydrogens is 454 g/mol. The lowest BCUT2D eigenvalue weighted by atomic mass is 9.90. The average Bonchev–Trinajstić information content (AvgIpc) is 3.36. The van der Waals surface area contributed by atoms with Gasteiger partial charge in [-0.3, -0.25) is 14.7 Å². The lowest BCUT2D eigenvalue weighted by molar-refractivity contribution is -0.119. The Morgan fingerprint density at radius 2 is 1.57 bits per heavy atom. The predicted molar refractivity (Wildman–Crippen MR) is 141 cm³/mol. The van der Waals surface area contributed by atoms with Crippen molar-refractivity contribution in [1.29, 1.82) is 0 Å². The highest BCUT2D eigenvalue weighted by molar-refractivity contribution is 7.22. The van der Waals surface area contributed by atoms with Crippen LogP contribution in [0, 0.1) is 6.92 Å². The van der Waals surface area contributed by atoms with E-state index in [1.807, 2.05) is 97.9 Å². The molecule has 5 rings (SSSR count). The molecule has 0 bridgehead atoms. The summed E-state index contributed by atoms with van der Waals surface area (Å²) in [5.74, 6) is 0.167. The number of carbonyl (C=O) groups is 1. The van der Waals surface area contributed by atoms with E-state index in [2.05, 4.69) is 4.98 Å². The Labute approximate surface area is 208 Å². The molecule has 0 aliphatic carbocycles. The standard InChI is InChI=1S/C29H25N3O2S/c1-20-16-17-24(34-2)26-27(20)35-29(31-26)32(19-23-15-9-10-18-30-23)28(33)25(21-11-5-3-6-12-21)22-13-7-4-8-14-22/h3-18,25H,19H2,1-2H3. The van der Waals surface area contributed by atoms with Crippen LogP contribution in [0.25, 0.3) is 10.2 Å². The first-order valence-corrected chi connectivity index (χ1v) is 12.2. The minimum Gasteiger partial charge on any atom is -0.494 e. The summed E-state index contributed by atoms with van der Waals surface area (Å²) in [5, 5.41) is 0.625. The molecule has 0 aliphatic rings. The van der Waals surface area contributed by atoms with Crippen LogP contribution in [0.15, 0.2) is 97.2 Å². The Balaban J connectivity index is 1.66. The Morgan fingerprint density at radius 1 is 0.914 bits per heavy atom. The number of benzene rings is 3. The van der Waals surface area contributed by atoms with Crippen molar-refractivity contribution in [2.45, 2.75) is 19.4 Å². The molecule has 0 N–H and O–H groups in total. The number of methoxy groups -OCH3 is 1. The maximum atomic E-state index is 14.4. The van der Waals surface area contributed by atoms with Gasteiger partial charge in [-0.15, -0.1) is 0 Å². The summed E-state index contributed by atoms with van der Waals surface area (Å²) in [5.41, 5.74) is 4.53. The molecule has 2 aromatic heterocycles. The van der Waals surface area contributed by atoms with E-state index in [-0.39, 0.29) is 5.91 Å². The third-order valence-corrected chi connectivity index (χ3v) is 7.18. The van der Waals surface area contributed by atoms with Crippen molar-refractivity contribution in [2.75, 3.05) is 12.0 Å². The molecule has 0 radical (unpaired) electrons. The maximum absolute atomic E-state index is 14.4. The second kappa shape index (κ2) is 10.1. The lowest BCUT2D eigenvalue weighted by Crippen LogP contribution is -2.35. The number of thiazole rings is 1. The average molecular weight is 480 g/mol. The van der Waals surface area contributed by atoms with Crippen LogP contribution in [0.3, 0.4) is 0 Å². The first-order valence-electron chi connectivity index (χ1n) is 11.4. The topological polar surface area (TPSA) is 55.3 Å². The molecule has 6 heteroatoms. The fourth-order valence-corrected chi connectivity index (χ4v) is 5.25. The van der Waals surface area contributed by atoms with E-state index in [1.165, 1.54) is 11.3 Å². The summed E-state index contributed by atoms with van der Waals surface area (Å²) in [6.45, 7) is 2.36. The number of rotatable bonds is 7. The molecule has 0 aliphatic heterocycles. The smallest absolute Gasteiger partial charge is 0.241 e. The van der Waals surface area contributed by atoms with Crippen LogP contribution in [-0.2, 0) is 11.3 Å². The summed E-state index contributed by atoms with van der Waals surface area (Å²) >= 11 is 1.50. The van der Waals surface area contributed by atoms with E-state index in [0.717, 1.165) is 32.6 Å². The third-order valence-electron chi connectivity index (χ3n) is 5.97. The van der Waals surface area contributed by atoms with Crippen molar-refractivity contribution in [3.63, 3.8) is 0 Å². The van der Waals surface area contributed by atoms with Crippen molar-refractivity contribution >= 4 is 32.6 Å². The highest BCUT2D eigenvalue weighted by Gasteiger charge is 2.31. The zero-order chi connectivity index (χ0) is 24.2. The number of amides is 1. The van der Waals surface area contributed by atoms with Gasteiger partial charge in [0, 0.05) is 6.20 Å². The minimum absolute atomic E-state index is 0.0521. The Bertz CT molecular complexity index is 1400. The summed E-state index contributed by atoms with van der Waals surface area (Å²) in [7, 11) is 1.64. The van der Waals surface area contributed by atoms with Crippen molar-refractivity contribution in [3.8, 4) is 5.75 Å². The number of nitrogens with zero attached hydrogens (tertiary/aromatic N) is 3. The zero-order valence-corrected chi connectivity index (χ0v) is 20.4. The molecule has 1 amide bonds. The van der Waals surface area contributed by atoms with Crippen molar-refractivity contribution in [1.82, 2.24) is 9.97 Å². The number of pyridine rings is 1. The van der Waals surface area contributed by atoms with Crippen LogP contribution < -0.4 is 9.64 Å². The number of ether oxygens (including phenoxy) is 1. The minimum atomic E-state index is -0.476. The van der Waals surface area contributed by atoms with E-state index in [9.17, 15) is 4.79 Å².